The Morgan fingerprint density at radius 2 is 2.00 bits per heavy atom. The Kier molecular flexibility index (Phi) is 6.24. The molecule has 1 aromatic rings. The summed E-state index contributed by atoms with van der Waals surface area (Å²) in [5.74, 6) is 6.14. The van der Waals surface area contributed by atoms with Gasteiger partial charge in [-0.15, -0.1) is 5.92 Å². The number of nitrogens with zero attached hydrogens (tertiary/aromatic N) is 3. The number of carbonyl (C=O) groups excluding carboxylic acids is 2. The van der Waals surface area contributed by atoms with Gasteiger partial charge in [0.2, 0.25) is 5.91 Å². The first-order valence-electron chi connectivity index (χ1n) is 11.4. The number of amides is 2. The summed E-state index contributed by atoms with van der Waals surface area (Å²) in [6.45, 7) is 11.2. The van der Waals surface area contributed by atoms with E-state index in [1.165, 1.54) is 11.1 Å². The number of hydrogen-bond donors (Lipinski definition) is 0. The molecule has 0 radical (unpaired) electrons. The number of aryl methyl sites for hydroxylation is 1. The second-order valence-electron chi connectivity index (χ2n) is 9.24. The number of ether oxygens (including phenoxy) is 1. The highest BCUT2D eigenvalue weighted by molar-refractivity contribution is 5.95. The number of carbonyl (C=O) groups is 2. The summed E-state index contributed by atoms with van der Waals surface area (Å²) in [5, 5.41) is 0. The van der Waals surface area contributed by atoms with Crippen LogP contribution in [0.4, 0.5) is 10.5 Å². The lowest BCUT2D eigenvalue weighted by atomic mass is 9.72. The molecule has 1 aromatic carbocycles. The van der Waals surface area contributed by atoms with Crippen molar-refractivity contribution in [2.75, 3.05) is 50.8 Å². The molecule has 2 fully saturated rings. The molecule has 0 aromatic heterocycles. The Hall–Kier alpha value is -2.52. The van der Waals surface area contributed by atoms with Crippen LogP contribution in [-0.4, -0.2) is 67.7 Å². The number of rotatable bonds is 3. The van der Waals surface area contributed by atoms with Gasteiger partial charge in [-0.2, -0.15) is 0 Å². The zero-order valence-corrected chi connectivity index (χ0v) is 18.9. The predicted octanol–water partition coefficient (Wildman–Crippen LogP) is 3.18. The van der Waals surface area contributed by atoms with Crippen LogP contribution in [0, 0.1) is 24.7 Å². The summed E-state index contributed by atoms with van der Waals surface area (Å²) in [6, 6.07) is 6.34. The smallest absolute Gasteiger partial charge is 0.410 e. The van der Waals surface area contributed by atoms with E-state index >= 15 is 0 Å². The standard InChI is InChI=1S/C25H33N3O3/c1-4-5-15-31-24(30)27-12-9-21(17-27)16-26-13-10-25(11-14-26)18-28(20(3)29)22-8-6-7-19(2)23(22)25/h6-8,21H,9-18H2,1-3H3/t21-/m0/s1. The molecule has 0 unspecified atom stereocenters. The van der Waals surface area contributed by atoms with Crippen molar-refractivity contribution in [3.05, 3.63) is 29.3 Å². The molecule has 2 saturated heterocycles. The Morgan fingerprint density at radius 3 is 2.71 bits per heavy atom. The van der Waals surface area contributed by atoms with E-state index in [1.54, 1.807) is 13.8 Å². The highest BCUT2D eigenvalue weighted by Gasteiger charge is 2.46. The highest BCUT2D eigenvalue weighted by Crippen LogP contribution is 2.48. The van der Waals surface area contributed by atoms with Gasteiger partial charge in [0.05, 0.1) is 0 Å². The predicted molar refractivity (Wildman–Crippen MR) is 121 cm³/mol. The van der Waals surface area contributed by atoms with E-state index in [0.29, 0.717) is 5.92 Å². The minimum Gasteiger partial charge on any atom is -0.436 e. The van der Waals surface area contributed by atoms with Gasteiger partial charge in [-0.25, -0.2) is 4.79 Å². The van der Waals surface area contributed by atoms with Crippen molar-refractivity contribution >= 4 is 17.7 Å². The lowest BCUT2D eigenvalue weighted by molar-refractivity contribution is -0.116. The molecule has 0 N–H and O–H groups in total. The molecule has 6 heteroatoms. The SMILES string of the molecule is CC#CCOC(=O)N1CC[C@@H](CN2CCC3(CC2)CN(C(C)=O)c2cccc(C)c23)C1. The normalized spacial score (nSPS) is 22.2. The van der Waals surface area contributed by atoms with Crippen molar-refractivity contribution in [3.63, 3.8) is 0 Å². The summed E-state index contributed by atoms with van der Waals surface area (Å²) in [5.41, 5.74) is 3.87. The van der Waals surface area contributed by atoms with Crippen molar-refractivity contribution in [1.82, 2.24) is 9.80 Å². The number of fused-ring (bicyclic) bond motifs is 2. The highest BCUT2D eigenvalue weighted by atomic mass is 16.6. The molecule has 3 aliphatic heterocycles. The Balaban J connectivity index is 1.34. The van der Waals surface area contributed by atoms with Crippen LogP contribution >= 0.6 is 0 Å². The van der Waals surface area contributed by atoms with Crippen molar-refractivity contribution in [2.24, 2.45) is 5.92 Å². The van der Waals surface area contributed by atoms with Gasteiger partial charge in [0.25, 0.3) is 0 Å². The fourth-order valence-corrected chi connectivity index (χ4v) is 5.66. The van der Waals surface area contributed by atoms with Gasteiger partial charge in [-0.3, -0.25) is 4.79 Å². The first kappa shape index (κ1) is 21.7. The molecule has 0 bridgehead atoms. The molecule has 3 aliphatic rings. The second-order valence-corrected chi connectivity index (χ2v) is 9.24. The zero-order valence-electron chi connectivity index (χ0n) is 18.9. The topological polar surface area (TPSA) is 53.1 Å². The lowest BCUT2D eigenvalue weighted by Crippen LogP contribution is -2.47. The minimum absolute atomic E-state index is 0.0781. The van der Waals surface area contributed by atoms with E-state index in [0.717, 1.165) is 64.2 Å². The first-order valence-corrected chi connectivity index (χ1v) is 11.4. The van der Waals surface area contributed by atoms with Gasteiger partial charge >= 0.3 is 6.09 Å². The summed E-state index contributed by atoms with van der Waals surface area (Å²) in [6.07, 6.45) is 2.92. The van der Waals surface area contributed by atoms with Crippen LogP contribution < -0.4 is 4.90 Å². The average molecular weight is 424 g/mol. The van der Waals surface area contributed by atoms with Gasteiger partial charge < -0.3 is 19.4 Å². The fourth-order valence-electron chi connectivity index (χ4n) is 5.66. The Labute approximate surface area is 185 Å². The van der Waals surface area contributed by atoms with Gasteiger partial charge in [0, 0.05) is 44.2 Å². The van der Waals surface area contributed by atoms with Crippen LogP contribution in [-0.2, 0) is 14.9 Å². The van der Waals surface area contributed by atoms with Crippen LogP contribution in [0.15, 0.2) is 18.2 Å². The van der Waals surface area contributed by atoms with Gasteiger partial charge in [-0.1, -0.05) is 18.1 Å². The summed E-state index contributed by atoms with van der Waals surface area (Å²) >= 11 is 0. The van der Waals surface area contributed by atoms with E-state index in [1.807, 2.05) is 9.80 Å². The number of benzene rings is 1. The number of hydrogen-bond acceptors (Lipinski definition) is 4. The van der Waals surface area contributed by atoms with Crippen LogP contribution in [0.5, 0.6) is 0 Å². The fraction of sp³-hybridized carbons (Fsp3) is 0.600. The van der Waals surface area contributed by atoms with Gasteiger partial charge in [-0.05, 0) is 69.3 Å². The molecule has 6 nitrogen and oxygen atoms in total. The third kappa shape index (κ3) is 4.29. The third-order valence-electron chi connectivity index (χ3n) is 7.23. The maximum Gasteiger partial charge on any atom is 0.410 e. The number of likely N-dealkylation sites (tertiary alicyclic amines) is 2. The summed E-state index contributed by atoms with van der Waals surface area (Å²) in [4.78, 5) is 30.8. The Morgan fingerprint density at radius 1 is 1.23 bits per heavy atom. The molecule has 3 heterocycles. The van der Waals surface area contributed by atoms with E-state index in [9.17, 15) is 9.59 Å². The quantitative estimate of drug-likeness (QED) is 0.701. The minimum atomic E-state index is -0.245. The Bertz CT molecular complexity index is 908. The monoisotopic (exact) mass is 423 g/mol. The van der Waals surface area contributed by atoms with Crippen LogP contribution in [0.2, 0.25) is 0 Å². The van der Waals surface area contributed by atoms with Gasteiger partial charge in [0.1, 0.15) is 0 Å². The molecule has 0 aliphatic carbocycles. The summed E-state index contributed by atoms with van der Waals surface area (Å²) < 4.78 is 5.21. The van der Waals surface area contributed by atoms with Crippen molar-refractivity contribution in [3.8, 4) is 11.8 Å². The molecule has 1 atom stereocenters. The molecule has 4 rings (SSSR count). The zero-order chi connectivity index (χ0) is 22.0. The second kappa shape index (κ2) is 8.92. The van der Waals surface area contributed by atoms with E-state index in [4.69, 9.17) is 4.74 Å². The molecular weight excluding hydrogens is 390 g/mol. The number of piperidine rings is 1. The molecule has 166 valence electrons. The maximum atomic E-state index is 12.3. The average Bonchev–Trinajstić information content (AvgIpc) is 3.34. The molecule has 0 saturated carbocycles. The van der Waals surface area contributed by atoms with E-state index in [2.05, 4.69) is 41.9 Å². The summed E-state index contributed by atoms with van der Waals surface area (Å²) in [7, 11) is 0. The van der Waals surface area contributed by atoms with Crippen molar-refractivity contribution in [1.29, 1.82) is 0 Å². The van der Waals surface area contributed by atoms with Crippen LogP contribution in [0.1, 0.15) is 44.2 Å². The molecule has 31 heavy (non-hydrogen) atoms. The van der Waals surface area contributed by atoms with Crippen LogP contribution in [0.25, 0.3) is 0 Å². The van der Waals surface area contributed by atoms with E-state index in [-0.39, 0.29) is 24.0 Å². The van der Waals surface area contributed by atoms with Gasteiger partial charge in [0.15, 0.2) is 6.61 Å². The maximum absolute atomic E-state index is 12.3. The van der Waals surface area contributed by atoms with Crippen molar-refractivity contribution in [2.45, 2.75) is 45.4 Å². The van der Waals surface area contributed by atoms with E-state index < -0.39 is 0 Å². The third-order valence-corrected chi connectivity index (χ3v) is 7.23. The molecule has 2 amide bonds. The number of anilines is 1. The van der Waals surface area contributed by atoms with Crippen LogP contribution in [0.3, 0.4) is 0 Å². The molecular formula is C25H33N3O3. The van der Waals surface area contributed by atoms with Crippen molar-refractivity contribution < 1.29 is 14.3 Å². The lowest BCUT2D eigenvalue weighted by Gasteiger charge is -2.41. The molecule has 1 spiro atoms. The largest absolute Gasteiger partial charge is 0.436 e. The first-order chi connectivity index (χ1) is 14.9.